The molecule has 0 bridgehead atoms. The van der Waals surface area contributed by atoms with Crippen molar-refractivity contribution in [3.63, 3.8) is 0 Å². The van der Waals surface area contributed by atoms with Crippen LogP contribution in [-0.2, 0) is 4.74 Å². The minimum atomic E-state index is 0.123. The third kappa shape index (κ3) is 4.26. The van der Waals surface area contributed by atoms with Gasteiger partial charge in [-0.1, -0.05) is 32.2 Å². The van der Waals surface area contributed by atoms with E-state index in [0.717, 1.165) is 12.3 Å². The Morgan fingerprint density at radius 2 is 2.25 bits per heavy atom. The standard InChI is InChI=1S/C10H22OSi/c1-2-3-6-9-12-10-7-4-5-8-11-10/h10H,2-9,12H2,1H3. The van der Waals surface area contributed by atoms with Crippen molar-refractivity contribution < 1.29 is 4.74 Å². The first-order valence-corrected chi connectivity index (χ1v) is 7.36. The summed E-state index contributed by atoms with van der Waals surface area (Å²) in [6, 6.07) is 1.51. The molecule has 0 aromatic rings. The van der Waals surface area contributed by atoms with Gasteiger partial charge < -0.3 is 4.74 Å². The van der Waals surface area contributed by atoms with Gasteiger partial charge in [-0.3, -0.25) is 0 Å². The fraction of sp³-hybridized carbons (Fsp3) is 1.00. The molecule has 1 saturated heterocycles. The fourth-order valence-electron chi connectivity index (χ4n) is 1.83. The second-order valence-corrected chi connectivity index (χ2v) is 6.03. The van der Waals surface area contributed by atoms with Crippen molar-refractivity contribution in [3.8, 4) is 0 Å². The van der Waals surface area contributed by atoms with Crippen LogP contribution in [0.1, 0.15) is 45.4 Å². The summed E-state index contributed by atoms with van der Waals surface area (Å²) in [5.74, 6) is 0. The molecular formula is C10H22OSi. The summed E-state index contributed by atoms with van der Waals surface area (Å²) in [7, 11) is 0.123. The summed E-state index contributed by atoms with van der Waals surface area (Å²) < 4.78 is 5.72. The highest BCUT2D eigenvalue weighted by molar-refractivity contribution is 6.37. The summed E-state index contributed by atoms with van der Waals surface area (Å²) in [4.78, 5) is 0. The lowest BCUT2D eigenvalue weighted by molar-refractivity contribution is 0.0649. The molecule has 0 radical (unpaired) electrons. The molecule has 1 nitrogen and oxygen atoms in total. The molecule has 1 atom stereocenters. The molecule has 0 spiro atoms. The van der Waals surface area contributed by atoms with E-state index in [1.165, 1.54) is 44.6 Å². The predicted molar refractivity (Wildman–Crippen MR) is 56.5 cm³/mol. The molecule has 0 amide bonds. The van der Waals surface area contributed by atoms with Crippen molar-refractivity contribution in [1.82, 2.24) is 0 Å². The van der Waals surface area contributed by atoms with Gasteiger partial charge in [0.25, 0.3) is 0 Å². The molecule has 1 unspecified atom stereocenters. The first-order valence-electron chi connectivity index (χ1n) is 5.55. The van der Waals surface area contributed by atoms with Crippen LogP contribution in [0.15, 0.2) is 0 Å². The summed E-state index contributed by atoms with van der Waals surface area (Å²) in [5.41, 5.74) is 0.746. The molecule has 1 fully saturated rings. The summed E-state index contributed by atoms with van der Waals surface area (Å²) in [5, 5.41) is 0. The van der Waals surface area contributed by atoms with Crippen LogP contribution in [-0.4, -0.2) is 21.9 Å². The Bertz CT molecular complexity index is 100. The zero-order valence-electron chi connectivity index (χ0n) is 8.35. The molecule has 1 rings (SSSR count). The Morgan fingerprint density at radius 3 is 2.92 bits per heavy atom. The van der Waals surface area contributed by atoms with Gasteiger partial charge in [-0.15, -0.1) is 0 Å². The van der Waals surface area contributed by atoms with Gasteiger partial charge in [0, 0.05) is 12.3 Å². The summed E-state index contributed by atoms with van der Waals surface area (Å²) in [6.45, 7) is 3.32. The number of rotatable bonds is 5. The predicted octanol–water partition coefficient (Wildman–Crippen LogP) is 2.29. The molecule has 0 aromatic heterocycles. The van der Waals surface area contributed by atoms with E-state index >= 15 is 0 Å². The average molecular weight is 186 g/mol. The Kier molecular flexibility index (Phi) is 5.70. The second kappa shape index (κ2) is 6.67. The third-order valence-electron chi connectivity index (χ3n) is 2.65. The Hall–Kier alpha value is 0.177. The van der Waals surface area contributed by atoms with E-state index in [1.54, 1.807) is 0 Å². The van der Waals surface area contributed by atoms with Gasteiger partial charge in [0.2, 0.25) is 0 Å². The molecule has 1 aliphatic heterocycles. The Balaban J connectivity index is 1.91. The van der Waals surface area contributed by atoms with E-state index in [-0.39, 0.29) is 9.52 Å². The van der Waals surface area contributed by atoms with E-state index in [1.807, 2.05) is 0 Å². The third-order valence-corrected chi connectivity index (χ3v) is 4.85. The van der Waals surface area contributed by atoms with E-state index in [9.17, 15) is 0 Å². The van der Waals surface area contributed by atoms with Gasteiger partial charge in [-0.2, -0.15) is 0 Å². The number of unbranched alkanes of at least 4 members (excludes halogenated alkanes) is 2. The highest BCUT2D eigenvalue weighted by Crippen LogP contribution is 2.13. The highest BCUT2D eigenvalue weighted by Gasteiger charge is 2.12. The van der Waals surface area contributed by atoms with E-state index < -0.39 is 0 Å². The minimum Gasteiger partial charge on any atom is -0.382 e. The molecule has 0 aromatic carbocycles. The second-order valence-electron chi connectivity index (χ2n) is 3.84. The smallest absolute Gasteiger partial charge is 0.0555 e. The Labute approximate surface area is 78.7 Å². The van der Waals surface area contributed by atoms with Gasteiger partial charge in [-0.25, -0.2) is 0 Å². The molecular weight excluding hydrogens is 164 g/mol. The normalized spacial score (nSPS) is 25.2. The topological polar surface area (TPSA) is 9.23 Å². The number of hydrogen-bond acceptors (Lipinski definition) is 1. The van der Waals surface area contributed by atoms with Crippen molar-refractivity contribution in [1.29, 1.82) is 0 Å². The monoisotopic (exact) mass is 186 g/mol. The lowest BCUT2D eigenvalue weighted by Crippen LogP contribution is -2.25. The Morgan fingerprint density at radius 1 is 1.33 bits per heavy atom. The van der Waals surface area contributed by atoms with Gasteiger partial charge >= 0.3 is 0 Å². The molecule has 0 saturated carbocycles. The van der Waals surface area contributed by atoms with Crippen molar-refractivity contribution in [2.24, 2.45) is 0 Å². The lowest BCUT2D eigenvalue weighted by atomic mass is 10.2. The maximum absolute atomic E-state index is 5.72. The average Bonchev–Trinajstić information content (AvgIpc) is 2.14. The van der Waals surface area contributed by atoms with Gasteiger partial charge in [0.1, 0.15) is 0 Å². The lowest BCUT2D eigenvalue weighted by Gasteiger charge is -2.21. The van der Waals surface area contributed by atoms with Crippen LogP contribution in [0.4, 0.5) is 0 Å². The molecule has 12 heavy (non-hydrogen) atoms. The summed E-state index contributed by atoms with van der Waals surface area (Å²) in [6.07, 6.45) is 8.35. The molecule has 1 aliphatic rings. The fourth-order valence-corrected chi connectivity index (χ4v) is 3.84. The van der Waals surface area contributed by atoms with Crippen LogP contribution in [0.25, 0.3) is 0 Å². The first kappa shape index (κ1) is 10.3. The maximum Gasteiger partial charge on any atom is 0.0555 e. The van der Waals surface area contributed by atoms with Crippen LogP contribution in [0, 0.1) is 0 Å². The molecule has 1 heterocycles. The zero-order valence-corrected chi connectivity index (χ0v) is 9.76. The van der Waals surface area contributed by atoms with Crippen LogP contribution in [0.2, 0.25) is 6.04 Å². The number of hydrogen-bond donors (Lipinski definition) is 0. The van der Waals surface area contributed by atoms with Gasteiger partial charge in [0.05, 0.1) is 9.52 Å². The van der Waals surface area contributed by atoms with E-state index in [4.69, 9.17) is 4.74 Å². The van der Waals surface area contributed by atoms with Crippen LogP contribution in [0.3, 0.4) is 0 Å². The molecule has 72 valence electrons. The number of ether oxygens (including phenoxy) is 1. The van der Waals surface area contributed by atoms with Crippen molar-refractivity contribution >= 4 is 9.52 Å². The molecule has 2 heteroatoms. The zero-order chi connectivity index (χ0) is 8.65. The first-order chi connectivity index (χ1) is 5.93. The highest BCUT2D eigenvalue weighted by atomic mass is 28.2. The van der Waals surface area contributed by atoms with Crippen LogP contribution >= 0.6 is 0 Å². The van der Waals surface area contributed by atoms with Crippen molar-refractivity contribution in [2.75, 3.05) is 6.61 Å². The van der Waals surface area contributed by atoms with Crippen molar-refractivity contribution in [2.45, 2.75) is 57.2 Å². The SMILES string of the molecule is CCCCC[SiH2]C1CCCCO1. The van der Waals surface area contributed by atoms with Crippen LogP contribution in [0.5, 0.6) is 0 Å². The summed E-state index contributed by atoms with van der Waals surface area (Å²) >= 11 is 0. The quantitative estimate of drug-likeness (QED) is 0.473. The van der Waals surface area contributed by atoms with Gasteiger partial charge in [0.15, 0.2) is 0 Å². The van der Waals surface area contributed by atoms with E-state index in [0.29, 0.717) is 0 Å². The minimum absolute atomic E-state index is 0.123. The van der Waals surface area contributed by atoms with E-state index in [2.05, 4.69) is 6.92 Å². The largest absolute Gasteiger partial charge is 0.382 e. The molecule has 0 N–H and O–H groups in total. The van der Waals surface area contributed by atoms with Gasteiger partial charge in [-0.05, 0) is 19.3 Å². The van der Waals surface area contributed by atoms with Crippen molar-refractivity contribution in [3.05, 3.63) is 0 Å². The van der Waals surface area contributed by atoms with Crippen LogP contribution < -0.4 is 0 Å². The maximum atomic E-state index is 5.72. The molecule has 0 aliphatic carbocycles.